The van der Waals surface area contributed by atoms with E-state index in [1.807, 2.05) is 13.8 Å². The molecule has 1 aromatic carbocycles. The van der Waals surface area contributed by atoms with Gasteiger partial charge in [-0.3, -0.25) is 4.79 Å². The summed E-state index contributed by atoms with van der Waals surface area (Å²) in [6.45, 7) is 15.2. The Morgan fingerprint density at radius 1 is 0.724 bits per heavy atom. The van der Waals surface area contributed by atoms with Crippen molar-refractivity contribution in [1.29, 1.82) is 0 Å². The molecule has 2 spiro atoms. The molecule has 11 rings (SSSR count). The van der Waals surface area contributed by atoms with Crippen LogP contribution in [0.3, 0.4) is 0 Å². The quantitative estimate of drug-likeness (QED) is 0.133. The summed E-state index contributed by atoms with van der Waals surface area (Å²) < 4.78 is 39.2. The Bertz CT molecular complexity index is 1500. The first-order chi connectivity index (χ1) is 27.6. The number of carbonyl (C=O) groups is 1. The van der Waals surface area contributed by atoms with Gasteiger partial charge in [-0.25, -0.2) is 19.6 Å². The number of nitrogens with one attached hydrogen (secondary N) is 1. The fraction of sp³-hybridized carbons (Fsp3) is 0.837. The van der Waals surface area contributed by atoms with Gasteiger partial charge in [-0.05, 0) is 87.2 Å². The Morgan fingerprint density at radius 2 is 1.16 bits per heavy atom. The van der Waals surface area contributed by atoms with Gasteiger partial charge in [0.2, 0.25) is 17.5 Å². The predicted octanol–water partition coefficient (Wildman–Crippen LogP) is 5.87. The Morgan fingerprint density at radius 3 is 1.52 bits per heavy atom. The fourth-order valence-electron chi connectivity index (χ4n) is 11.7. The van der Waals surface area contributed by atoms with E-state index in [0.29, 0.717) is 36.9 Å². The number of amides is 1. The molecule has 10 aliphatic rings. The molecule has 17 atom stereocenters. The number of hydrogen-bond donors (Lipinski definition) is 4. The standard InChI is InChI=1S/C38H54O10.C5H11NO3S/c1-21-7-13-29-23(3)31(41-33-37(29)27(21)15-17-35(5,43-33)45-47-37)39-19-25-9-11-26(12-10-25)20-40-32-24(4)30-14-8-22(2)28-16-18-36(6)44-34(42-32)38(28,30)48-46-36;1-3(7)6-4(2-10)5(8)9/h9-12,21-24,27-34H,7-8,13-20H2,1-6H3;4-5,8-10H,2H2,1H3,(H,6,7)/t21-,22-,23-,24-,27?,28?,29?,30?,31?,32?,33?,34?,35+,36?,37+,38-;4-/m10/s1. The second-order valence-corrected chi connectivity index (χ2v) is 19.3. The Labute approximate surface area is 347 Å². The topological polar surface area (TPSA) is 162 Å². The molecule has 3 N–H and O–H groups in total. The number of hydrogen-bond acceptors (Lipinski definition) is 14. The predicted molar refractivity (Wildman–Crippen MR) is 209 cm³/mol. The number of ether oxygens (including phenoxy) is 6. The molecular weight excluding hydrogens is 771 g/mol. The van der Waals surface area contributed by atoms with Crippen molar-refractivity contribution in [2.45, 2.75) is 173 Å². The van der Waals surface area contributed by atoms with Gasteiger partial charge in [0.1, 0.15) is 0 Å². The monoisotopic (exact) mass is 835 g/mol. The number of fused-ring (bicyclic) bond motifs is 4. The number of rotatable bonds is 9. The van der Waals surface area contributed by atoms with E-state index in [1.165, 1.54) is 19.8 Å². The maximum absolute atomic E-state index is 10.4. The molecule has 0 radical (unpaired) electrons. The lowest BCUT2D eigenvalue weighted by atomic mass is 9.58. The van der Waals surface area contributed by atoms with Crippen molar-refractivity contribution in [1.82, 2.24) is 5.32 Å². The van der Waals surface area contributed by atoms with Crippen molar-refractivity contribution < 1.29 is 63.0 Å². The molecule has 0 aromatic heterocycles. The minimum atomic E-state index is -1.54. The highest BCUT2D eigenvalue weighted by Gasteiger charge is 2.71. The highest BCUT2D eigenvalue weighted by Crippen LogP contribution is 2.62. The van der Waals surface area contributed by atoms with Crippen molar-refractivity contribution in [3.05, 3.63) is 35.4 Å². The highest BCUT2D eigenvalue weighted by atomic mass is 32.1. The zero-order valence-corrected chi connectivity index (χ0v) is 35.9. The maximum atomic E-state index is 10.4. The van der Waals surface area contributed by atoms with Crippen LogP contribution in [-0.4, -0.2) is 82.1 Å². The van der Waals surface area contributed by atoms with Crippen LogP contribution in [-0.2, 0) is 66.0 Å². The van der Waals surface area contributed by atoms with Gasteiger partial charge >= 0.3 is 0 Å². The summed E-state index contributed by atoms with van der Waals surface area (Å²) in [4.78, 5) is 34.8. The second kappa shape index (κ2) is 16.7. The van der Waals surface area contributed by atoms with Crippen molar-refractivity contribution >= 4 is 18.5 Å². The molecule has 326 valence electrons. The number of benzene rings is 1. The summed E-state index contributed by atoms with van der Waals surface area (Å²) in [5.41, 5.74) is 1.01. The van der Waals surface area contributed by atoms with Crippen LogP contribution in [0.5, 0.6) is 0 Å². The average molecular weight is 836 g/mol. The van der Waals surface area contributed by atoms with E-state index in [1.54, 1.807) is 0 Å². The van der Waals surface area contributed by atoms with Crippen LogP contribution in [0.25, 0.3) is 0 Å². The summed E-state index contributed by atoms with van der Waals surface area (Å²) in [6, 6.07) is 7.77. The molecule has 10 fully saturated rings. The van der Waals surface area contributed by atoms with E-state index < -0.39 is 47.7 Å². The largest absolute Gasteiger partial charge is 0.366 e. The van der Waals surface area contributed by atoms with Crippen LogP contribution in [0, 0.1) is 47.3 Å². The van der Waals surface area contributed by atoms with E-state index >= 15 is 0 Å². The van der Waals surface area contributed by atoms with Gasteiger partial charge in [-0.15, -0.1) is 0 Å². The van der Waals surface area contributed by atoms with E-state index in [-0.39, 0.29) is 47.9 Å². The third kappa shape index (κ3) is 7.70. The fourth-order valence-corrected chi connectivity index (χ4v) is 12.0. The van der Waals surface area contributed by atoms with Gasteiger partial charge in [0.05, 0.1) is 19.3 Å². The van der Waals surface area contributed by atoms with Crippen LogP contribution in [0.15, 0.2) is 24.3 Å². The molecule has 1 aromatic rings. The lowest BCUT2D eigenvalue weighted by Gasteiger charge is -2.60. The third-order valence-electron chi connectivity index (χ3n) is 15.0. The highest BCUT2D eigenvalue weighted by molar-refractivity contribution is 7.80. The van der Waals surface area contributed by atoms with Gasteiger partial charge in [0, 0.05) is 49.2 Å². The number of carbonyl (C=O) groups excluding carboxylic acids is 1. The van der Waals surface area contributed by atoms with Crippen LogP contribution >= 0.6 is 12.6 Å². The molecule has 4 bridgehead atoms. The van der Waals surface area contributed by atoms with Gasteiger partial charge in [-0.1, -0.05) is 52.0 Å². The average Bonchev–Trinajstić information content (AvgIpc) is 3.57. The molecule has 2 aliphatic carbocycles. The maximum Gasteiger partial charge on any atom is 0.217 e. The molecule has 1 amide bonds. The first kappa shape index (κ1) is 43.2. The first-order valence-corrected chi connectivity index (χ1v) is 22.2. The van der Waals surface area contributed by atoms with Gasteiger partial charge in [0.15, 0.2) is 42.7 Å². The minimum Gasteiger partial charge on any atom is -0.366 e. The lowest BCUT2D eigenvalue weighted by molar-refractivity contribution is -0.577. The molecule has 2 saturated carbocycles. The van der Waals surface area contributed by atoms with Crippen LogP contribution in [0.2, 0.25) is 0 Å². The first-order valence-electron chi connectivity index (χ1n) is 21.6. The molecule has 14 nitrogen and oxygen atoms in total. The molecule has 58 heavy (non-hydrogen) atoms. The van der Waals surface area contributed by atoms with Gasteiger partial charge in [-0.2, -0.15) is 12.6 Å². The zero-order chi connectivity index (χ0) is 41.2. The minimum absolute atomic E-state index is 0.144. The summed E-state index contributed by atoms with van der Waals surface area (Å²) in [5, 5.41) is 19.4. The van der Waals surface area contributed by atoms with E-state index in [9.17, 15) is 4.79 Å². The number of aliphatic hydroxyl groups is 2. The third-order valence-corrected chi connectivity index (χ3v) is 15.4. The lowest BCUT2D eigenvalue weighted by Crippen LogP contribution is -2.70. The second-order valence-electron chi connectivity index (χ2n) is 18.9. The van der Waals surface area contributed by atoms with Crippen LogP contribution < -0.4 is 5.32 Å². The normalized spacial score (nSPS) is 46.8. The van der Waals surface area contributed by atoms with Crippen molar-refractivity contribution in [2.24, 2.45) is 47.3 Å². The van der Waals surface area contributed by atoms with Crippen molar-refractivity contribution in [3.8, 4) is 0 Å². The molecule has 15 heteroatoms. The van der Waals surface area contributed by atoms with E-state index in [0.717, 1.165) is 49.7 Å². The molecule has 8 heterocycles. The van der Waals surface area contributed by atoms with Crippen LogP contribution in [0.4, 0.5) is 0 Å². The molecule has 9 unspecified atom stereocenters. The summed E-state index contributed by atoms with van der Waals surface area (Å²) >= 11 is 3.79. The molecule has 8 aliphatic heterocycles. The molecule has 8 saturated heterocycles. The van der Waals surface area contributed by atoms with Gasteiger partial charge < -0.3 is 44.0 Å². The van der Waals surface area contributed by atoms with Crippen molar-refractivity contribution in [2.75, 3.05) is 5.75 Å². The SMILES string of the molecule is CC(=O)N[C@@H](CS)C(O)O.C[C@H]1C(OCc2ccc(COC3OC4OC5(C)CCC6[C@H](C)CCC([C@H]3C)[C@@]46OO5)cc2)OC2O[C@]3(C)CCC4[C@H](C)CCC1[C@]24OO3. The summed E-state index contributed by atoms with van der Waals surface area (Å²) in [6.07, 6.45) is 4.78. The Hall–Kier alpha value is -1.44. The zero-order valence-electron chi connectivity index (χ0n) is 35.0. The summed E-state index contributed by atoms with van der Waals surface area (Å²) in [5.74, 6) is 0.857. The Kier molecular flexibility index (Phi) is 12.4. The van der Waals surface area contributed by atoms with E-state index in [2.05, 4.69) is 69.9 Å². The number of thiol groups is 1. The Balaban J connectivity index is 0.000000418. The van der Waals surface area contributed by atoms with Gasteiger partial charge in [0.25, 0.3) is 0 Å². The summed E-state index contributed by atoms with van der Waals surface area (Å²) in [7, 11) is 0. The van der Waals surface area contributed by atoms with Crippen molar-refractivity contribution in [3.63, 3.8) is 0 Å². The van der Waals surface area contributed by atoms with Crippen LogP contribution in [0.1, 0.15) is 111 Å². The molecular formula is C43H65NO13S. The smallest absolute Gasteiger partial charge is 0.217 e. The number of aliphatic hydroxyl groups excluding tert-OH is 1. The van der Waals surface area contributed by atoms with E-state index in [4.69, 9.17) is 58.2 Å².